The molecule has 0 aromatic carbocycles. The molecule has 4 aliphatic rings. The van der Waals surface area contributed by atoms with Gasteiger partial charge in [-0.15, -0.1) is 0 Å². The highest BCUT2D eigenvalue weighted by Gasteiger charge is 2.53. The second-order valence-corrected chi connectivity index (χ2v) is 21.4. The number of esters is 1. The summed E-state index contributed by atoms with van der Waals surface area (Å²) in [5, 5.41) is 51.7. The number of guanidine groups is 2. The number of carbonyl (C=O) groups excluding carboxylic acids is 5. The maximum atomic E-state index is 14.5. The molecule has 1 aliphatic carbocycles. The van der Waals surface area contributed by atoms with Crippen molar-refractivity contribution in [2.24, 2.45) is 41.2 Å². The molecule has 1 saturated carbocycles. The van der Waals surface area contributed by atoms with Crippen molar-refractivity contribution in [3.63, 3.8) is 0 Å². The lowest BCUT2D eigenvalue weighted by Gasteiger charge is -2.44. The number of Topliss-reactive ketones (excluding diaryl/α,β-unsaturated/α-hetero) is 3. The van der Waals surface area contributed by atoms with Crippen LogP contribution in [0.5, 0.6) is 0 Å². The number of cyclic esters (lactones) is 1. The van der Waals surface area contributed by atoms with Gasteiger partial charge in [-0.3, -0.25) is 34.9 Å². The summed E-state index contributed by atoms with van der Waals surface area (Å²) in [6.07, 6.45) is 9.95. The summed E-state index contributed by atoms with van der Waals surface area (Å²) >= 11 is 0. The number of nitrogens with zero attached hydrogens (tertiary/aromatic N) is 3. The summed E-state index contributed by atoms with van der Waals surface area (Å²) in [6.45, 7) is 12.4. The molecule has 7 N–H and O–H groups in total. The maximum absolute atomic E-state index is 14.5. The Balaban J connectivity index is 1.78. The lowest BCUT2D eigenvalue weighted by Crippen LogP contribution is -2.61. The van der Waals surface area contributed by atoms with Gasteiger partial charge in [0.2, 0.25) is 11.7 Å². The first-order valence-corrected chi connectivity index (χ1v) is 25.9. The van der Waals surface area contributed by atoms with Crippen molar-refractivity contribution >= 4 is 41.1 Å². The molecule has 1 amide bonds. The minimum atomic E-state index is -2.58. The summed E-state index contributed by atoms with van der Waals surface area (Å²) in [5.74, 6) is -9.23. The Hall–Kier alpha value is -4.59. The van der Waals surface area contributed by atoms with E-state index in [1.807, 2.05) is 45.1 Å². The molecule has 0 radical (unpaired) electrons. The van der Waals surface area contributed by atoms with Gasteiger partial charge >= 0.3 is 5.97 Å². The van der Waals surface area contributed by atoms with Crippen molar-refractivity contribution < 1.29 is 58.2 Å². The van der Waals surface area contributed by atoms with Gasteiger partial charge in [0.25, 0.3) is 11.7 Å². The number of rotatable bonds is 6. The molecule has 3 heterocycles. The van der Waals surface area contributed by atoms with E-state index >= 15 is 0 Å². The number of fused-ring (bicyclic) bond motifs is 3. The summed E-state index contributed by atoms with van der Waals surface area (Å²) in [6, 6.07) is -1.97. The second kappa shape index (κ2) is 27.1. The van der Waals surface area contributed by atoms with E-state index in [0.717, 1.165) is 4.90 Å². The molecule has 1 unspecified atom stereocenters. The first-order valence-electron chi connectivity index (χ1n) is 25.9. The minimum absolute atomic E-state index is 0.0290. The van der Waals surface area contributed by atoms with E-state index in [2.05, 4.69) is 0 Å². The number of nitrogens with one attached hydrogen (secondary N) is 2. The van der Waals surface area contributed by atoms with Crippen LogP contribution < -0.4 is 5.73 Å². The number of amides is 1. The number of allylic oxidation sites excluding steroid dienone is 6. The Morgan fingerprint density at radius 3 is 2.25 bits per heavy atom. The van der Waals surface area contributed by atoms with Crippen molar-refractivity contribution in [2.75, 3.05) is 34.9 Å². The Kier molecular flexibility index (Phi) is 22.6. The zero-order valence-corrected chi connectivity index (χ0v) is 44.7. The quantitative estimate of drug-likeness (QED) is 0.0655. The zero-order chi connectivity index (χ0) is 53.8. The molecular weight excluding hydrogens is 925 g/mol. The van der Waals surface area contributed by atoms with E-state index in [1.54, 1.807) is 61.1 Å². The predicted molar refractivity (Wildman–Crippen MR) is 273 cm³/mol. The van der Waals surface area contributed by atoms with Gasteiger partial charge in [-0.1, -0.05) is 76.6 Å². The van der Waals surface area contributed by atoms with Crippen molar-refractivity contribution in [3.05, 3.63) is 47.6 Å². The lowest BCUT2D eigenvalue weighted by atomic mass is 9.78. The van der Waals surface area contributed by atoms with Crippen LogP contribution in [0.4, 0.5) is 0 Å². The number of aliphatic hydroxyl groups excluding tert-OH is 2. The molecule has 404 valence electrons. The van der Waals surface area contributed by atoms with Crippen LogP contribution in [0.25, 0.3) is 0 Å². The smallest absolute Gasteiger partial charge is 0.329 e. The lowest BCUT2D eigenvalue weighted by molar-refractivity contribution is -0.264. The van der Waals surface area contributed by atoms with Gasteiger partial charge in [-0.25, -0.2) is 4.79 Å². The summed E-state index contributed by atoms with van der Waals surface area (Å²) < 4.78 is 23.7. The molecule has 0 aromatic heterocycles. The first-order chi connectivity index (χ1) is 33.9. The van der Waals surface area contributed by atoms with E-state index < -0.39 is 89.8 Å². The van der Waals surface area contributed by atoms with E-state index in [9.17, 15) is 39.3 Å². The average molecular weight is 1010 g/mol. The number of methoxy groups -OCH3 is 2. The van der Waals surface area contributed by atoms with Crippen LogP contribution in [0.1, 0.15) is 126 Å². The van der Waals surface area contributed by atoms with Crippen LogP contribution in [0, 0.1) is 46.3 Å². The predicted octanol–water partition coefficient (Wildman–Crippen LogP) is 5.23. The molecule has 18 heteroatoms. The number of carbonyl (C=O) groups is 5. The second-order valence-electron chi connectivity index (χ2n) is 21.4. The number of piperidine rings is 1. The summed E-state index contributed by atoms with van der Waals surface area (Å²) in [5.41, 5.74) is 7.18. The van der Waals surface area contributed by atoms with E-state index in [1.165, 1.54) is 16.9 Å². The molecule has 3 fully saturated rings. The number of hydrogen-bond acceptors (Lipinski definition) is 14. The van der Waals surface area contributed by atoms with Crippen molar-refractivity contribution in [3.8, 4) is 0 Å². The number of ketones is 3. The molecule has 18 nitrogen and oxygen atoms in total. The standard InChI is InChI=1S/C54H86N6O12/c1-31-17-13-12-14-18-32(2)41(60(52(55)56)53(57)58(8)9)29-39-22-20-37(7)54(68,72-39)49(65)50(66)59-24-16-15-19-40(59)51(67)71-44(34(4)27-38-21-23-42(61)45(28-38)69-10)30-43(62)33(3)26-36(6)47(64)48(70-11)46(63)35(5)25-31/h12-14,17-18,26,31,33-35,37-42,44-45,47-48,57,61,64,68H,15-16,19-25,27-30H2,1-11H3,(H3,55,56)/b14-12+,17-13+,32-18-,36-26+,57-53?/t31-,33-,34?,35-,37-,38-,39+,40+,41-,42-,44+,45-,47-,48+,54-/m1/s1. The Morgan fingerprint density at radius 1 is 0.917 bits per heavy atom. The number of nitrogens with two attached hydrogens (primary N) is 1. The Labute approximate surface area is 427 Å². The molecule has 4 rings (SSSR count). The van der Waals surface area contributed by atoms with Crippen LogP contribution in [0.15, 0.2) is 47.6 Å². The van der Waals surface area contributed by atoms with E-state index in [0.29, 0.717) is 62.5 Å². The van der Waals surface area contributed by atoms with Crippen molar-refractivity contribution in [2.45, 2.75) is 180 Å². The third-order valence-corrected chi connectivity index (χ3v) is 15.4. The highest BCUT2D eigenvalue weighted by Crippen LogP contribution is 2.38. The molecule has 3 aliphatic heterocycles. The van der Waals surface area contributed by atoms with Gasteiger partial charge in [0, 0.05) is 59.0 Å². The topological polar surface area (TPSA) is 266 Å². The molecule has 72 heavy (non-hydrogen) atoms. The number of aliphatic hydroxyl groups is 3. The van der Waals surface area contributed by atoms with Crippen LogP contribution in [0.2, 0.25) is 0 Å². The third-order valence-electron chi connectivity index (χ3n) is 15.4. The van der Waals surface area contributed by atoms with Gasteiger partial charge in [0.1, 0.15) is 30.1 Å². The van der Waals surface area contributed by atoms with Crippen LogP contribution >= 0.6 is 0 Å². The SMILES string of the molecule is CO[C@@H]1C[C@@H](CC(C)[C@@H]2CC(=O)[C@H](C)/C=C(\C)[C@@H](O)[C@@H](OC)C(=O)[C@H](C)C[C@H](C)/C=C/C=C/C=C(/C)[C@H](N(C(=N)N)C(=N)N(C)C)C[C@@H]3CC[C@@H](C)[C@@](O)(O3)C(=O)C(=O)N3CCCC[C@H]3C(=O)O2)CC[C@H]1O. The van der Waals surface area contributed by atoms with Crippen molar-refractivity contribution in [1.29, 1.82) is 10.8 Å². The van der Waals surface area contributed by atoms with Crippen molar-refractivity contribution in [1.82, 2.24) is 14.7 Å². The third kappa shape index (κ3) is 15.2. The van der Waals surface area contributed by atoms with Gasteiger partial charge < -0.3 is 49.8 Å². The van der Waals surface area contributed by atoms with Crippen LogP contribution in [0.3, 0.4) is 0 Å². The normalized spacial score (nSPS) is 37.4. The fourth-order valence-corrected chi connectivity index (χ4v) is 10.8. The van der Waals surface area contributed by atoms with E-state index in [4.69, 9.17) is 35.5 Å². The molecule has 0 aromatic rings. The molecular formula is C54H86N6O12. The number of ether oxygens (including phenoxy) is 4. The van der Waals surface area contributed by atoms with Gasteiger partial charge in [0.05, 0.1) is 24.4 Å². The molecule has 0 spiro atoms. The fourth-order valence-electron chi connectivity index (χ4n) is 10.8. The Bertz CT molecular complexity index is 2060. The van der Waals surface area contributed by atoms with Gasteiger partial charge in [-0.2, -0.15) is 0 Å². The molecule has 2 saturated heterocycles. The fraction of sp³-hybridized carbons (Fsp3) is 0.722. The van der Waals surface area contributed by atoms with Crippen LogP contribution in [-0.2, 0) is 42.9 Å². The highest BCUT2D eigenvalue weighted by molar-refractivity contribution is 6.39. The van der Waals surface area contributed by atoms with E-state index in [-0.39, 0.29) is 73.6 Å². The molecule has 2 bridgehead atoms. The Morgan fingerprint density at radius 2 is 1.61 bits per heavy atom. The van der Waals surface area contributed by atoms with Crippen LogP contribution in [-0.4, -0.2) is 161 Å². The number of hydrogen-bond donors (Lipinski definition) is 6. The average Bonchev–Trinajstić information content (AvgIpc) is 3.33. The van der Waals surface area contributed by atoms with Gasteiger partial charge in [-0.05, 0) is 108 Å². The summed E-state index contributed by atoms with van der Waals surface area (Å²) in [7, 11) is 6.21. The zero-order valence-electron chi connectivity index (χ0n) is 44.7. The van der Waals surface area contributed by atoms with Gasteiger partial charge in [0.15, 0.2) is 11.7 Å². The largest absolute Gasteiger partial charge is 0.460 e. The molecule has 15 atom stereocenters. The maximum Gasteiger partial charge on any atom is 0.329 e. The minimum Gasteiger partial charge on any atom is -0.460 e. The monoisotopic (exact) mass is 1010 g/mol. The summed E-state index contributed by atoms with van der Waals surface area (Å²) in [4.78, 5) is 75.5. The first kappa shape index (κ1) is 60.0. The highest BCUT2D eigenvalue weighted by atomic mass is 16.6.